The molecular formula is C31H38ClN3O5S2. The normalized spacial score (nSPS) is 11.9. The van der Waals surface area contributed by atoms with Gasteiger partial charge in [0.2, 0.25) is 11.8 Å². The number of nitrogens with one attached hydrogen (secondary N) is 1. The summed E-state index contributed by atoms with van der Waals surface area (Å²) in [5.41, 5.74) is 0.858. The summed E-state index contributed by atoms with van der Waals surface area (Å²) in [7, 11) is -4.22. The van der Waals surface area contributed by atoms with Crippen LogP contribution in [0.3, 0.4) is 0 Å². The minimum absolute atomic E-state index is 0.0181. The predicted molar refractivity (Wildman–Crippen MR) is 170 cm³/mol. The lowest BCUT2D eigenvalue weighted by molar-refractivity contribution is -0.139. The Bertz CT molecular complexity index is 1450. The van der Waals surface area contributed by atoms with E-state index in [1.165, 1.54) is 28.8 Å². The van der Waals surface area contributed by atoms with Gasteiger partial charge in [0.1, 0.15) is 18.3 Å². The lowest BCUT2D eigenvalue weighted by Crippen LogP contribution is -2.51. The molecule has 0 aliphatic rings. The lowest BCUT2D eigenvalue weighted by atomic mass is 10.1. The Morgan fingerprint density at radius 1 is 1.00 bits per heavy atom. The number of benzene rings is 3. The van der Waals surface area contributed by atoms with E-state index >= 15 is 0 Å². The molecule has 3 aromatic rings. The molecule has 0 fully saturated rings. The molecule has 1 N–H and O–H groups in total. The number of amides is 2. The Morgan fingerprint density at radius 2 is 1.67 bits per heavy atom. The predicted octanol–water partition coefficient (Wildman–Crippen LogP) is 5.99. The molecule has 3 aromatic carbocycles. The number of para-hydroxylation sites is 2. The molecule has 226 valence electrons. The molecular weight excluding hydrogens is 594 g/mol. The molecule has 0 radical (unpaired) electrons. The quantitative estimate of drug-likeness (QED) is 0.164. The lowest BCUT2D eigenvalue weighted by Gasteiger charge is -2.32. The van der Waals surface area contributed by atoms with Gasteiger partial charge in [-0.25, -0.2) is 8.42 Å². The fourth-order valence-electron chi connectivity index (χ4n) is 4.26. The van der Waals surface area contributed by atoms with E-state index in [0.717, 1.165) is 22.0 Å². The number of unbranched alkanes of at least 4 members (excludes halogenated alkanes) is 1. The maximum atomic E-state index is 14.1. The third kappa shape index (κ3) is 8.42. The van der Waals surface area contributed by atoms with Crippen molar-refractivity contribution in [3.05, 3.63) is 83.4 Å². The van der Waals surface area contributed by atoms with Crippen molar-refractivity contribution in [1.29, 1.82) is 0 Å². The van der Waals surface area contributed by atoms with Crippen LogP contribution < -0.4 is 14.4 Å². The van der Waals surface area contributed by atoms with Gasteiger partial charge in [-0.05, 0) is 74.6 Å². The van der Waals surface area contributed by atoms with Gasteiger partial charge in [0.25, 0.3) is 10.0 Å². The largest absolute Gasteiger partial charge is 0.492 e. The van der Waals surface area contributed by atoms with E-state index in [-0.39, 0.29) is 23.0 Å². The summed E-state index contributed by atoms with van der Waals surface area (Å²) in [4.78, 5) is 29.5. The molecule has 0 bridgehead atoms. The second-order valence-corrected chi connectivity index (χ2v) is 12.7. The first kappa shape index (κ1) is 33.3. The highest BCUT2D eigenvalue weighted by molar-refractivity contribution is 7.98. The van der Waals surface area contributed by atoms with Gasteiger partial charge in [-0.3, -0.25) is 13.9 Å². The zero-order valence-corrected chi connectivity index (χ0v) is 26.8. The molecule has 3 rings (SSSR count). The molecule has 0 heterocycles. The van der Waals surface area contributed by atoms with Gasteiger partial charge in [-0.15, -0.1) is 11.8 Å². The van der Waals surface area contributed by atoms with Gasteiger partial charge in [0, 0.05) is 23.0 Å². The first-order valence-corrected chi connectivity index (χ1v) is 16.9. The third-order valence-corrected chi connectivity index (χ3v) is 9.54. The average molecular weight is 632 g/mol. The minimum atomic E-state index is -4.22. The van der Waals surface area contributed by atoms with Crippen molar-refractivity contribution in [2.45, 2.75) is 56.0 Å². The molecule has 0 aliphatic carbocycles. The smallest absolute Gasteiger partial charge is 0.264 e. The highest BCUT2D eigenvalue weighted by atomic mass is 35.5. The van der Waals surface area contributed by atoms with Crippen LogP contribution in [-0.4, -0.2) is 57.1 Å². The maximum Gasteiger partial charge on any atom is 0.264 e. The highest BCUT2D eigenvalue weighted by Gasteiger charge is 2.34. The number of thioether (sulfide) groups is 1. The number of rotatable bonds is 15. The number of hydrogen-bond acceptors (Lipinski definition) is 6. The maximum absolute atomic E-state index is 14.1. The Balaban J connectivity index is 2.07. The van der Waals surface area contributed by atoms with Crippen LogP contribution in [0.5, 0.6) is 5.75 Å². The van der Waals surface area contributed by atoms with Gasteiger partial charge >= 0.3 is 0 Å². The molecule has 0 saturated carbocycles. The summed E-state index contributed by atoms with van der Waals surface area (Å²) in [5, 5.41) is 3.32. The van der Waals surface area contributed by atoms with Crippen molar-refractivity contribution in [2.24, 2.45) is 0 Å². The molecule has 0 saturated heterocycles. The monoisotopic (exact) mass is 631 g/mol. The Labute approximate surface area is 258 Å². The molecule has 0 spiro atoms. The Hall–Kier alpha value is -3.21. The molecule has 8 nitrogen and oxygen atoms in total. The minimum Gasteiger partial charge on any atom is -0.492 e. The molecule has 0 aliphatic heterocycles. The number of anilines is 1. The number of hydrogen-bond donors (Lipinski definition) is 1. The van der Waals surface area contributed by atoms with Crippen molar-refractivity contribution in [1.82, 2.24) is 10.2 Å². The van der Waals surface area contributed by atoms with Crippen molar-refractivity contribution in [3.8, 4) is 5.75 Å². The standard InChI is InChI=1S/C31H38ClN3O5S2/c1-5-7-20-33-31(37)23(3)34(21-24-12-8-9-13-27(24)32)30(36)22-35(28-14-10-11-15-29(28)40-6-2)42(38,39)26-18-16-25(41-4)17-19-26/h8-19,23H,5-7,20-22H2,1-4H3,(H,33,37)/t23-/m1/s1. The number of ether oxygens (including phenoxy) is 1. The van der Waals surface area contributed by atoms with E-state index in [1.807, 2.05) is 13.2 Å². The van der Waals surface area contributed by atoms with Gasteiger partial charge in [0.05, 0.1) is 17.2 Å². The topological polar surface area (TPSA) is 96.0 Å². The number of sulfonamides is 1. The summed E-state index contributed by atoms with van der Waals surface area (Å²) in [5.74, 6) is -0.579. The number of carbonyl (C=O) groups excluding carboxylic acids is 2. The van der Waals surface area contributed by atoms with E-state index in [1.54, 1.807) is 74.5 Å². The van der Waals surface area contributed by atoms with Crippen molar-refractivity contribution in [2.75, 3.05) is 30.3 Å². The summed E-state index contributed by atoms with van der Waals surface area (Å²) >= 11 is 7.92. The van der Waals surface area contributed by atoms with Gasteiger partial charge in [-0.1, -0.05) is 55.3 Å². The summed E-state index contributed by atoms with van der Waals surface area (Å²) in [6, 6.07) is 19.3. The van der Waals surface area contributed by atoms with Gasteiger partial charge < -0.3 is 15.0 Å². The Kier molecular flexibility index (Phi) is 12.6. The zero-order valence-electron chi connectivity index (χ0n) is 24.4. The van der Waals surface area contributed by atoms with Crippen LogP contribution in [0.2, 0.25) is 5.02 Å². The van der Waals surface area contributed by atoms with Crippen LogP contribution in [0.25, 0.3) is 0 Å². The summed E-state index contributed by atoms with van der Waals surface area (Å²) < 4.78 is 35.1. The first-order chi connectivity index (χ1) is 20.1. The van der Waals surface area contributed by atoms with Crippen LogP contribution in [0.15, 0.2) is 82.6 Å². The molecule has 0 unspecified atom stereocenters. The van der Waals surface area contributed by atoms with Crippen molar-refractivity contribution in [3.63, 3.8) is 0 Å². The van der Waals surface area contributed by atoms with Crippen LogP contribution in [0.1, 0.15) is 39.2 Å². The van der Waals surface area contributed by atoms with E-state index < -0.39 is 28.5 Å². The van der Waals surface area contributed by atoms with Crippen LogP contribution >= 0.6 is 23.4 Å². The number of carbonyl (C=O) groups is 2. The number of halogens is 1. The van der Waals surface area contributed by atoms with Crippen LogP contribution in [0, 0.1) is 0 Å². The fourth-order valence-corrected chi connectivity index (χ4v) is 6.29. The van der Waals surface area contributed by atoms with Gasteiger partial charge in [-0.2, -0.15) is 0 Å². The summed E-state index contributed by atoms with van der Waals surface area (Å²) in [6.45, 7) is 5.68. The second kappa shape index (κ2) is 15.9. The zero-order chi connectivity index (χ0) is 30.7. The highest BCUT2D eigenvalue weighted by Crippen LogP contribution is 2.33. The SMILES string of the molecule is CCCCNC(=O)[C@@H](C)N(Cc1ccccc1Cl)C(=O)CN(c1ccccc1OCC)S(=O)(=O)c1ccc(SC)cc1. The average Bonchev–Trinajstić information content (AvgIpc) is 2.99. The number of nitrogens with zero attached hydrogens (tertiary/aromatic N) is 2. The van der Waals surface area contributed by atoms with Crippen LogP contribution in [0.4, 0.5) is 5.69 Å². The van der Waals surface area contributed by atoms with E-state index in [2.05, 4.69) is 5.32 Å². The molecule has 0 aromatic heterocycles. The molecule has 1 atom stereocenters. The van der Waals surface area contributed by atoms with Crippen molar-refractivity contribution >= 4 is 50.9 Å². The van der Waals surface area contributed by atoms with E-state index in [0.29, 0.717) is 29.5 Å². The Morgan fingerprint density at radius 3 is 2.31 bits per heavy atom. The molecule has 2 amide bonds. The molecule has 42 heavy (non-hydrogen) atoms. The second-order valence-electron chi connectivity index (χ2n) is 9.52. The molecule has 11 heteroatoms. The van der Waals surface area contributed by atoms with Crippen molar-refractivity contribution < 1.29 is 22.7 Å². The van der Waals surface area contributed by atoms with Crippen LogP contribution in [-0.2, 0) is 26.2 Å². The van der Waals surface area contributed by atoms with Gasteiger partial charge in [0.15, 0.2) is 0 Å². The first-order valence-electron chi connectivity index (χ1n) is 13.8. The van der Waals surface area contributed by atoms with E-state index in [9.17, 15) is 18.0 Å². The van der Waals surface area contributed by atoms with E-state index in [4.69, 9.17) is 16.3 Å². The third-order valence-electron chi connectivity index (χ3n) is 6.66. The fraction of sp³-hybridized carbons (Fsp3) is 0.355. The summed E-state index contributed by atoms with van der Waals surface area (Å²) in [6.07, 6.45) is 3.60.